The molecule has 0 aromatic heterocycles. The van der Waals surface area contributed by atoms with Crippen molar-refractivity contribution in [3.8, 4) is 11.5 Å². The monoisotopic (exact) mass is 444 g/mol. The lowest BCUT2D eigenvalue weighted by atomic mass is 10.00. The average Bonchev–Trinajstić information content (AvgIpc) is 2.85. The van der Waals surface area contributed by atoms with Gasteiger partial charge in [-0.05, 0) is 60.4 Å². The number of amides is 2. The van der Waals surface area contributed by atoms with E-state index in [9.17, 15) is 14.7 Å². The van der Waals surface area contributed by atoms with Gasteiger partial charge in [-0.1, -0.05) is 42.5 Å². The number of phenolic OH excluding ortho intramolecular Hbond substituents is 1. The normalized spacial score (nSPS) is 16.0. The van der Waals surface area contributed by atoms with Crippen molar-refractivity contribution >= 4 is 11.8 Å². The van der Waals surface area contributed by atoms with E-state index in [4.69, 9.17) is 4.74 Å². The van der Waals surface area contributed by atoms with Crippen LogP contribution in [0, 0.1) is 0 Å². The molecule has 33 heavy (non-hydrogen) atoms. The third-order valence-corrected chi connectivity index (χ3v) is 6.04. The molecule has 0 aliphatic carbocycles. The van der Waals surface area contributed by atoms with E-state index in [0.717, 1.165) is 18.4 Å². The van der Waals surface area contributed by atoms with Gasteiger partial charge in [0.05, 0.1) is 13.2 Å². The second kappa shape index (κ2) is 10.2. The molecule has 3 aromatic rings. The minimum Gasteiger partial charge on any atom is -0.508 e. The Morgan fingerprint density at radius 1 is 0.970 bits per heavy atom. The van der Waals surface area contributed by atoms with Gasteiger partial charge in [-0.2, -0.15) is 0 Å². The number of methoxy groups -OCH3 is 1. The van der Waals surface area contributed by atoms with E-state index in [0.29, 0.717) is 24.4 Å². The van der Waals surface area contributed by atoms with E-state index < -0.39 is 0 Å². The lowest BCUT2D eigenvalue weighted by Gasteiger charge is -2.41. The fourth-order valence-electron chi connectivity index (χ4n) is 4.19. The number of aryl methyl sites for hydroxylation is 1. The Hall–Kier alpha value is -3.80. The van der Waals surface area contributed by atoms with Gasteiger partial charge in [0.15, 0.2) is 0 Å². The summed E-state index contributed by atoms with van der Waals surface area (Å²) in [5, 5.41) is 9.58. The Morgan fingerprint density at radius 3 is 2.33 bits per heavy atom. The number of phenols is 1. The summed E-state index contributed by atoms with van der Waals surface area (Å²) in [6.07, 6.45) is 1.57. The molecule has 170 valence electrons. The summed E-state index contributed by atoms with van der Waals surface area (Å²) in [6.45, 7) is 0.968. The molecule has 1 aliphatic heterocycles. The molecule has 1 fully saturated rings. The summed E-state index contributed by atoms with van der Waals surface area (Å²) in [5.74, 6) is 0.650. The van der Waals surface area contributed by atoms with E-state index in [1.807, 2.05) is 35.2 Å². The van der Waals surface area contributed by atoms with Crippen molar-refractivity contribution in [2.45, 2.75) is 25.4 Å². The van der Waals surface area contributed by atoms with E-state index in [1.165, 1.54) is 5.56 Å². The van der Waals surface area contributed by atoms with Gasteiger partial charge >= 0.3 is 0 Å². The second-order valence-electron chi connectivity index (χ2n) is 8.28. The van der Waals surface area contributed by atoms with Crippen molar-refractivity contribution in [2.75, 3.05) is 20.2 Å². The van der Waals surface area contributed by atoms with Crippen molar-refractivity contribution in [3.05, 3.63) is 95.6 Å². The fraction of sp³-hybridized carbons (Fsp3) is 0.259. The van der Waals surface area contributed by atoms with Crippen LogP contribution in [0.3, 0.4) is 0 Å². The third-order valence-electron chi connectivity index (χ3n) is 6.04. The summed E-state index contributed by atoms with van der Waals surface area (Å²) in [7, 11) is 1.58. The molecule has 1 N–H and O–H groups in total. The predicted octanol–water partition coefficient (Wildman–Crippen LogP) is 3.89. The Balaban J connectivity index is 1.53. The van der Waals surface area contributed by atoms with E-state index in [-0.39, 0.29) is 30.2 Å². The largest absolute Gasteiger partial charge is 0.508 e. The number of aromatic hydroxyl groups is 1. The molecule has 1 aliphatic rings. The van der Waals surface area contributed by atoms with Gasteiger partial charge in [-0.3, -0.25) is 9.59 Å². The number of benzene rings is 3. The highest BCUT2D eigenvalue weighted by Gasteiger charge is 2.34. The first-order valence-electron chi connectivity index (χ1n) is 11.1. The number of piperazine rings is 1. The van der Waals surface area contributed by atoms with Crippen LogP contribution in [0.4, 0.5) is 0 Å². The number of nitrogens with zero attached hydrogens (tertiary/aromatic N) is 2. The highest BCUT2D eigenvalue weighted by Crippen LogP contribution is 2.23. The zero-order chi connectivity index (χ0) is 23.2. The first kappa shape index (κ1) is 22.4. The van der Waals surface area contributed by atoms with Crippen LogP contribution in [-0.2, 0) is 17.8 Å². The number of ether oxygens (including phenoxy) is 1. The van der Waals surface area contributed by atoms with E-state index in [1.54, 1.807) is 48.4 Å². The van der Waals surface area contributed by atoms with Gasteiger partial charge in [-0.15, -0.1) is 0 Å². The minimum atomic E-state index is -0.153. The zero-order valence-electron chi connectivity index (χ0n) is 18.7. The minimum absolute atomic E-state index is 0.0464. The van der Waals surface area contributed by atoms with Gasteiger partial charge < -0.3 is 19.6 Å². The van der Waals surface area contributed by atoms with Crippen LogP contribution >= 0.6 is 0 Å². The molecule has 1 atom stereocenters. The number of hydrogen-bond donors (Lipinski definition) is 1. The maximum atomic E-state index is 13.2. The van der Waals surface area contributed by atoms with Gasteiger partial charge in [0.1, 0.15) is 18.0 Å². The SMILES string of the molecule is COc1ccc(C(=O)N2CC(=O)N(Cc3ccc(O)cc3)[C@@H](CCc3ccccc3)C2)cc1. The Bertz CT molecular complexity index is 1080. The summed E-state index contributed by atoms with van der Waals surface area (Å²) >= 11 is 0. The quantitative estimate of drug-likeness (QED) is 0.600. The third kappa shape index (κ3) is 5.52. The average molecular weight is 445 g/mol. The molecule has 3 aromatic carbocycles. The molecule has 1 saturated heterocycles. The Kier molecular flexibility index (Phi) is 6.93. The number of carbonyl (C=O) groups excluding carboxylic acids is 2. The van der Waals surface area contributed by atoms with Crippen LogP contribution in [0.1, 0.15) is 27.9 Å². The summed E-state index contributed by atoms with van der Waals surface area (Å²) in [4.78, 5) is 29.9. The topological polar surface area (TPSA) is 70.1 Å². The van der Waals surface area contributed by atoms with Gasteiger partial charge in [0.2, 0.25) is 5.91 Å². The summed E-state index contributed by atoms with van der Waals surface area (Å²) in [6, 6.07) is 23.9. The molecule has 0 saturated carbocycles. The molecule has 0 bridgehead atoms. The maximum absolute atomic E-state index is 13.2. The second-order valence-corrected chi connectivity index (χ2v) is 8.28. The molecule has 0 spiro atoms. The van der Waals surface area contributed by atoms with Crippen molar-refractivity contribution in [1.82, 2.24) is 9.80 Å². The maximum Gasteiger partial charge on any atom is 0.254 e. The smallest absolute Gasteiger partial charge is 0.254 e. The molecule has 4 rings (SSSR count). The van der Waals surface area contributed by atoms with Crippen molar-refractivity contribution < 1.29 is 19.4 Å². The summed E-state index contributed by atoms with van der Waals surface area (Å²) in [5.41, 5.74) is 2.69. The fourth-order valence-corrected chi connectivity index (χ4v) is 4.19. The zero-order valence-corrected chi connectivity index (χ0v) is 18.7. The van der Waals surface area contributed by atoms with Crippen molar-refractivity contribution in [1.29, 1.82) is 0 Å². The van der Waals surface area contributed by atoms with Crippen LogP contribution in [-0.4, -0.2) is 53.0 Å². The molecule has 6 nitrogen and oxygen atoms in total. The molecular weight excluding hydrogens is 416 g/mol. The lowest BCUT2D eigenvalue weighted by molar-refractivity contribution is -0.139. The van der Waals surface area contributed by atoms with E-state index >= 15 is 0 Å². The van der Waals surface area contributed by atoms with Crippen LogP contribution in [0.5, 0.6) is 11.5 Å². The van der Waals surface area contributed by atoms with E-state index in [2.05, 4.69) is 12.1 Å². The van der Waals surface area contributed by atoms with Crippen LogP contribution in [0.25, 0.3) is 0 Å². The molecule has 0 unspecified atom stereocenters. The number of hydrogen-bond acceptors (Lipinski definition) is 4. The van der Waals surface area contributed by atoms with Crippen LogP contribution < -0.4 is 4.74 Å². The van der Waals surface area contributed by atoms with Crippen LogP contribution in [0.2, 0.25) is 0 Å². The number of carbonyl (C=O) groups is 2. The predicted molar refractivity (Wildman–Crippen MR) is 126 cm³/mol. The molecule has 1 heterocycles. The first-order valence-corrected chi connectivity index (χ1v) is 11.1. The Labute approximate surface area is 194 Å². The highest BCUT2D eigenvalue weighted by molar-refractivity contribution is 5.97. The highest BCUT2D eigenvalue weighted by atomic mass is 16.5. The number of rotatable bonds is 7. The molecule has 6 heteroatoms. The molecule has 2 amide bonds. The molecular formula is C27H28N2O4. The van der Waals surface area contributed by atoms with Crippen molar-refractivity contribution in [2.24, 2.45) is 0 Å². The standard InChI is InChI=1S/C27H28N2O4/c1-33-25-15-10-22(11-16-25)27(32)28-18-23(12-7-20-5-3-2-4-6-20)29(26(31)19-28)17-21-8-13-24(30)14-9-21/h2-6,8-11,13-16,23,30H,7,12,17-19H2,1H3/t23-/m0/s1. The Morgan fingerprint density at radius 2 is 1.67 bits per heavy atom. The summed E-state index contributed by atoms with van der Waals surface area (Å²) < 4.78 is 5.18. The van der Waals surface area contributed by atoms with Crippen LogP contribution in [0.15, 0.2) is 78.9 Å². The molecule has 0 radical (unpaired) electrons. The lowest BCUT2D eigenvalue weighted by Crippen LogP contribution is -2.57. The van der Waals surface area contributed by atoms with Gasteiger partial charge in [0.25, 0.3) is 5.91 Å². The van der Waals surface area contributed by atoms with Gasteiger partial charge in [0, 0.05) is 18.7 Å². The van der Waals surface area contributed by atoms with Crippen molar-refractivity contribution in [3.63, 3.8) is 0 Å². The van der Waals surface area contributed by atoms with Gasteiger partial charge in [-0.25, -0.2) is 0 Å². The first-order chi connectivity index (χ1) is 16.0.